The number of rotatable bonds is 4. The molecule has 0 aliphatic rings. The van der Waals surface area contributed by atoms with Gasteiger partial charge in [0.15, 0.2) is 6.10 Å². The maximum Gasteiger partial charge on any atom is 0.256 e. The minimum atomic E-state index is -1.68. The van der Waals surface area contributed by atoms with Gasteiger partial charge < -0.3 is 15.5 Å². The number of hydrogen-bond donors (Lipinski definition) is 3. The van der Waals surface area contributed by atoms with Crippen LogP contribution in [0, 0.1) is 12.7 Å². The van der Waals surface area contributed by atoms with Crippen LogP contribution in [0.1, 0.15) is 16.7 Å². The number of thiazole rings is 1. The Bertz CT molecular complexity index is 863. The van der Waals surface area contributed by atoms with Crippen molar-refractivity contribution in [2.45, 2.75) is 19.1 Å². The summed E-state index contributed by atoms with van der Waals surface area (Å²) in [6.07, 6.45) is -3.13. The molecule has 24 heavy (non-hydrogen) atoms. The molecule has 3 N–H and O–H groups in total. The topological polar surface area (TPSA) is 82.5 Å². The predicted molar refractivity (Wildman–Crippen MR) is 90.4 cm³/mol. The van der Waals surface area contributed by atoms with E-state index in [0.29, 0.717) is 16.8 Å². The molecular formula is C17H15FN2O3S. The van der Waals surface area contributed by atoms with Gasteiger partial charge >= 0.3 is 0 Å². The number of anilines is 1. The summed E-state index contributed by atoms with van der Waals surface area (Å²) in [4.78, 5) is 16.3. The Hall–Kier alpha value is -2.35. The number of carbonyl (C=O) groups is 1. The van der Waals surface area contributed by atoms with E-state index >= 15 is 0 Å². The van der Waals surface area contributed by atoms with Crippen LogP contribution in [0.15, 0.2) is 42.5 Å². The van der Waals surface area contributed by atoms with Crippen LogP contribution >= 0.6 is 11.3 Å². The van der Waals surface area contributed by atoms with Crippen molar-refractivity contribution in [2.75, 3.05) is 5.32 Å². The lowest BCUT2D eigenvalue weighted by Gasteiger charge is -2.15. The second-order valence-corrected chi connectivity index (χ2v) is 6.42. The zero-order chi connectivity index (χ0) is 17.3. The Balaban J connectivity index is 1.75. The molecule has 3 aromatic rings. The molecule has 2 atom stereocenters. The second-order valence-electron chi connectivity index (χ2n) is 5.36. The summed E-state index contributed by atoms with van der Waals surface area (Å²) < 4.78 is 14.1. The van der Waals surface area contributed by atoms with Gasteiger partial charge in [0, 0.05) is 5.69 Å². The minimum Gasteiger partial charge on any atom is -0.383 e. The first kappa shape index (κ1) is 16.5. The normalized spacial score (nSPS) is 13.7. The SMILES string of the molecule is Cc1cc(NC(=O)C(O)C(O)c2nc3ccccc3s2)ccc1F. The van der Waals surface area contributed by atoms with Gasteiger partial charge in [-0.3, -0.25) is 4.79 Å². The van der Waals surface area contributed by atoms with Crippen molar-refractivity contribution in [3.8, 4) is 0 Å². The molecule has 0 saturated carbocycles. The Morgan fingerprint density at radius 3 is 2.71 bits per heavy atom. The molecule has 0 fully saturated rings. The Kier molecular flexibility index (Phi) is 4.57. The summed E-state index contributed by atoms with van der Waals surface area (Å²) >= 11 is 1.21. The Morgan fingerprint density at radius 2 is 2.00 bits per heavy atom. The van der Waals surface area contributed by atoms with E-state index in [2.05, 4.69) is 10.3 Å². The fraction of sp³-hybridized carbons (Fsp3) is 0.176. The summed E-state index contributed by atoms with van der Waals surface area (Å²) in [5.41, 5.74) is 1.40. The number of amides is 1. The number of aryl methyl sites for hydroxylation is 1. The van der Waals surface area contributed by atoms with Crippen LogP contribution in [0.3, 0.4) is 0 Å². The van der Waals surface area contributed by atoms with Gasteiger partial charge in [0.2, 0.25) is 0 Å². The molecule has 0 saturated heterocycles. The van der Waals surface area contributed by atoms with E-state index in [-0.39, 0.29) is 10.8 Å². The van der Waals surface area contributed by atoms with Gasteiger partial charge in [0.1, 0.15) is 16.9 Å². The summed E-state index contributed by atoms with van der Waals surface area (Å²) in [6.45, 7) is 1.57. The molecule has 0 spiro atoms. The number of nitrogens with zero attached hydrogens (tertiary/aromatic N) is 1. The molecule has 1 heterocycles. The number of carbonyl (C=O) groups excluding carboxylic acids is 1. The number of fused-ring (bicyclic) bond motifs is 1. The first-order valence-electron chi connectivity index (χ1n) is 7.24. The number of benzene rings is 2. The molecule has 1 aromatic heterocycles. The third-order valence-corrected chi connectivity index (χ3v) is 4.66. The van der Waals surface area contributed by atoms with E-state index in [0.717, 1.165) is 4.70 Å². The minimum absolute atomic E-state index is 0.258. The molecule has 5 nitrogen and oxygen atoms in total. The molecule has 3 rings (SSSR count). The molecule has 2 aromatic carbocycles. The van der Waals surface area contributed by atoms with Crippen molar-refractivity contribution >= 4 is 33.1 Å². The number of aliphatic hydroxyl groups is 2. The smallest absolute Gasteiger partial charge is 0.256 e. The van der Waals surface area contributed by atoms with Crippen LogP contribution in [0.4, 0.5) is 10.1 Å². The standard InChI is InChI=1S/C17H15FN2O3S/c1-9-8-10(6-7-11(9)18)19-16(23)14(21)15(22)17-20-12-4-2-3-5-13(12)24-17/h2-8,14-15,21-22H,1H3,(H,19,23). The summed E-state index contributed by atoms with van der Waals surface area (Å²) in [6, 6.07) is 11.4. The molecule has 0 bridgehead atoms. The quantitative estimate of drug-likeness (QED) is 0.678. The Morgan fingerprint density at radius 1 is 1.25 bits per heavy atom. The monoisotopic (exact) mass is 346 g/mol. The number of para-hydroxylation sites is 1. The van der Waals surface area contributed by atoms with Gasteiger partial charge in [-0.05, 0) is 42.8 Å². The third-order valence-electron chi connectivity index (χ3n) is 3.56. The fourth-order valence-electron chi connectivity index (χ4n) is 2.23. The van der Waals surface area contributed by atoms with Gasteiger partial charge in [-0.25, -0.2) is 9.37 Å². The maximum absolute atomic E-state index is 13.2. The largest absolute Gasteiger partial charge is 0.383 e. The van der Waals surface area contributed by atoms with Crippen molar-refractivity contribution in [2.24, 2.45) is 0 Å². The summed E-state index contributed by atoms with van der Waals surface area (Å²) in [7, 11) is 0. The van der Waals surface area contributed by atoms with E-state index in [4.69, 9.17) is 0 Å². The number of hydrogen-bond acceptors (Lipinski definition) is 5. The van der Waals surface area contributed by atoms with Crippen molar-refractivity contribution < 1.29 is 19.4 Å². The second kappa shape index (κ2) is 6.64. The first-order chi connectivity index (χ1) is 11.5. The average Bonchev–Trinajstić information content (AvgIpc) is 3.01. The van der Waals surface area contributed by atoms with Gasteiger partial charge in [-0.15, -0.1) is 11.3 Å². The molecule has 124 valence electrons. The highest BCUT2D eigenvalue weighted by Crippen LogP contribution is 2.28. The van der Waals surface area contributed by atoms with Crippen LogP contribution in [0.5, 0.6) is 0 Å². The van der Waals surface area contributed by atoms with Crippen LogP contribution < -0.4 is 5.32 Å². The molecule has 0 aliphatic carbocycles. The highest BCUT2D eigenvalue weighted by Gasteiger charge is 2.28. The third kappa shape index (κ3) is 3.28. The molecule has 0 aliphatic heterocycles. The van der Waals surface area contributed by atoms with Crippen LogP contribution in [-0.2, 0) is 4.79 Å². The van der Waals surface area contributed by atoms with E-state index in [1.165, 1.54) is 29.5 Å². The van der Waals surface area contributed by atoms with Crippen LogP contribution in [0.2, 0.25) is 0 Å². The van der Waals surface area contributed by atoms with Gasteiger partial charge in [-0.1, -0.05) is 12.1 Å². The molecule has 7 heteroatoms. The van der Waals surface area contributed by atoms with Crippen LogP contribution in [-0.4, -0.2) is 27.2 Å². The van der Waals surface area contributed by atoms with E-state index in [9.17, 15) is 19.4 Å². The zero-order valence-corrected chi connectivity index (χ0v) is 13.5. The highest BCUT2D eigenvalue weighted by molar-refractivity contribution is 7.18. The van der Waals surface area contributed by atoms with Crippen LogP contribution in [0.25, 0.3) is 10.2 Å². The van der Waals surface area contributed by atoms with Crippen molar-refractivity contribution in [1.82, 2.24) is 4.98 Å². The highest BCUT2D eigenvalue weighted by atomic mass is 32.1. The number of aromatic nitrogens is 1. The average molecular weight is 346 g/mol. The van der Waals surface area contributed by atoms with Crippen molar-refractivity contribution in [1.29, 1.82) is 0 Å². The Labute approximate surface area is 141 Å². The van der Waals surface area contributed by atoms with Gasteiger partial charge in [0.05, 0.1) is 10.2 Å². The molecule has 1 amide bonds. The summed E-state index contributed by atoms with van der Waals surface area (Å²) in [5.74, 6) is -1.17. The lowest BCUT2D eigenvalue weighted by atomic mass is 10.1. The predicted octanol–water partition coefficient (Wildman–Crippen LogP) is 2.78. The van der Waals surface area contributed by atoms with Gasteiger partial charge in [-0.2, -0.15) is 0 Å². The van der Waals surface area contributed by atoms with E-state index < -0.39 is 18.1 Å². The maximum atomic E-state index is 13.2. The summed E-state index contributed by atoms with van der Waals surface area (Å²) in [5, 5.41) is 23.0. The zero-order valence-electron chi connectivity index (χ0n) is 12.7. The molecule has 2 unspecified atom stereocenters. The lowest BCUT2D eigenvalue weighted by Crippen LogP contribution is -2.33. The molecule has 0 radical (unpaired) electrons. The number of halogens is 1. The number of aliphatic hydroxyl groups excluding tert-OH is 2. The van der Waals surface area contributed by atoms with Crippen molar-refractivity contribution in [3.63, 3.8) is 0 Å². The van der Waals surface area contributed by atoms with Crippen molar-refractivity contribution in [3.05, 3.63) is 58.9 Å². The van der Waals surface area contributed by atoms with E-state index in [1.54, 1.807) is 13.0 Å². The van der Waals surface area contributed by atoms with E-state index in [1.807, 2.05) is 18.2 Å². The lowest BCUT2D eigenvalue weighted by molar-refractivity contribution is -0.129. The number of nitrogens with one attached hydrogen (secondary N) is 1. The fourth-order valence-corrected chi connectivity index (χ4v) is 3.22. The first-order valence-corrected chi connectivity index (χ1v) is 8.06. The molecular weight excluding hydrogens is 331 g/mol. The van der Waals surface area contributed by atoms with Gasteiger partial charge in [0.25, 0.3) is 5.91 Å².